The van der Waals surface area contributed by atoms with Crippen LogP contribution in [0.4, 0.5) is 0 Å². The van der Waals surface area contributed by atoms with E-state index in [1.165, 1.54) is 0 Å². The summed E-state index contributed by atoms with van der Waals surface area (Å²) in [4.78, 5) is 27.0. The van der Waals surface area contributed by atoms with Gasteiger partial charge >= 0.3 is 0 Å². The molecule has 0 heterocycles. The number of nitrogens with one attached hydrogen (secondary N) is 1. The third-order valence-corrected chi connectivity index (χ3v) is 4.34. The molecule has 0 aliphatic heterocycles. The van der Waals surface area contributed by atoms with E-state index in [2.05, 4.69) is 5.32 Å². The normalized spacial score (nSPS) is 11.7. The molecule has 28 heavy (non-hydrogen) atoms. The third-order valence-electron chi connectivity index (χ3n) is 4.34. The first kappa shape index (κ1) is 21.5. The number of hydrogen-bond acceptors (Lipinski definition) is 3. The maximum Gasteiger partial charge on any atom is 0.242 e. The average Bonchev–Trinajstić information content (AvgIpc) is 2.70. The van der Waals surface area contributed by atoms with Crippen LogP contribution in [0.25, 0.3) is 0 Å². The van der Waals surface area contributed by atoms with E-state index in [-0.39, 0.29) is 17.9 Å². The van der Waals surface area contributed by atoms with Gasteiger partial charge in [-0.2, -0.15) is 0 Å². The molecular weight excluding hydrogens is 352 g/mol. The molecule has 0 aliphatic carbocycles. The molecule has 2 rings (SSSR count). The van der Waals surface area contributed by atoms with E-state index in [1.54, 1.807) is 11.8 Å². The number of carbonyl (C=O) groups excluding carboxylic acids is 2. The largest absolute Gasteiger partial charge is 0.494 e. The summed E-state index contributed by atoms with van der Waals surface area (Å²) in [5.74, 6) is 0.604. The van der Waals surface area contributed by atoms with Crippen molar-refractivity contribution >= 4 is 11.8 Å². The molecular formula is C23H30N2O3. The number of hydrogen-bond donors (Lipinski definition) is 1. The molecule has 2 aromatic carbocycles. The number of nitrogens with zero attached hydrogens (tertiary/aromatic N) is 1. The first-order valence-corrected chi connectivity index (χ1v) is 9.79. The van der Waals surface area contributed by atoms with Gasteiger partial charge in [0.25, 0.3) is 0 Å². The van der Waals surface area contributed by atoms with Gasteiger partial charge < -0.3 is 15.0 Å². The van der Waals surface area contributed by atoms with Crippen LogP contribution in [0.15, 0.2) is 60.7 Å². The summed E-state index contributed by atoms with van der Waals surface area (Å²) in [5.41, 5.74) is 1.00. The van der Waals surface area contributed by atoms with Crippen molar-refractivity contribution in [3.8, 4) is 5.75 Å². The van der Waals surface area contributed by atoms with Crippen LogP contribution in [-0.2, 0) is 16.1 Å². The van der Waals surface area contributed by atoms with Crippen LogP contribution in [0, 0.1) is 0 Å². The molecule has 0 bridgehead atoms. The minimum absolute atomic E-state index is 0.0305. The number of para-hydroxylation sites is 1. The predicted molar refractivity (Wildman–Crippen MR) is 111 cm³/mol. The van der Waals surface area contributed by atoms with Crippen molar-refractivity contribution in [3.63, 3.8) is 0 Å². The Labute approximate surface area is 167 Å². The highest BCUT2D eigenvalue weighted by Crippen LogP contribution is 2.13. The Morgan fingerprint density at radius 2 is 1.57 bits per heavy atom. The molecule has 0 aliphatic rings. The molecule has 150 valence electrons. The molecule has 0 aromatic heterocycles. The molecule has 2 amide bonds. The second-order valence-corrected chi connectivity index (χ2v) is 7.11. The van der Waals surface area contributed by atoms with E-state index in [0.717, 1.165) is 11.3 Å². The Morgan fingerprint density at radius 3 is 2.18 bits per heavy atom. The molecule has 5 nitrogen and oxygen atoms in total. The Bertz CT molecular complexity index is 732. The van der Waals surface area contributed by atoms with Crippen molar-refractivity contribution in [3.05, 3.63) is 66.2 Å². The summed E-state index contributed by atoms with van der Waals surface area (Å²) in [6.07, 6.45) is 0.927. The quantitative estimate of drug-likeness (QED) is 0.636. The molecule has 0 unspecified atom stereocenters. The molecule has 0 saturated heterocycles. The van der Waals surface area contributed by atoms with Gasteiger partial charge in [0.15, 0.2) is 0 Å². The van der Waals surface area contributed by atoms with E-state index >= 15 is 0 Å². The van der Waals surface area contributed by atoms with Gasteiger partial charge in [-0.1, -0.05) is 48.5 Å². The Kier molecular flexibility index (Phi) is 8.53. The van der Waals surface area contributed by atoms with Crippen molar-refractivity contribution < 1.29 is 14.3 Å². The third kappa shape index (κ3) is 7.06. The summed E-state index contributed by atoms with van der Waals surface area (Å²) < 4.78 is 5.66. The molecule has 1 atom stereocenters. The van der Waals surface area contributed by atoms with Gasteiger partial charge in [-0.3, -0.25) is 9.59 Å². The molecule has 1 N–H and O–H groups in total. The van der Waals surface area contributed by atoms with Crippen molar-refractivity contribution in [2.24, 2.45) is 0 Å². The second-order valence-electron chi connectivity index (χ2n) is 7.11. The van der Waals surface area contributed by atoms with Gasteiger partial charge in [0.05, 0.1) is 6.61 Å². The zero-order valence-corrected chi connectivity index (χ0v) is 16.9. The lowest BCUT2D eigenvalue weighted by Crippen LogP contribution is -2.49. The van der Waals surface area contributed by atoms with Crippen molar-refractivity contribution in [2.75, 3.05) is 6.61 Å². The van der Waals surface area contributed by atoms with E-state index in [4.69, 9.17) is 4.74 Å². The lowest BCUT2D eigenvalue weighted by Gasteiger charge is -2.29. The highest BCUT2D eigenvalue weighted by atomic mass is 16.5. The van der Waals surface area contributed by atoms with Crippen LogP contribution in [0.2, 0.25) is 0 Å². The average molecular weight is 383 g/mol. The SMILES string of the molecule is CC(C)NC(=O)[C@@H](C)N(Cc1ccccc1)C(=O)CCCOc1ccccc1. The maximum absolute atomic E-state index is 12.9. The van der Waals surface area contributed by atoms with Crippen LogP contribution in [-0.4, -0.2) is 35.4 Å². The first-order chi connectivity index (χ1) is 13.5. The summed E-state index contributed by atoms with van der Waals surface area (Å²) in [6, 6.07) is 18.8. The predicted octanol–water partition coefficient (Wildman–Crippen LogP) is 3.79. The van der Waals surface area contributed by atoms with Crippen LogP contribution in [0.5, 0.6) is 5.75 Å². The number of amides is 2. The highest BCUT2D eigenvalue weighted by molar-refractivity contribution is 5.87. The van der Waals surface area contributed by atoms with Crippen molar-refractivity contribution in [1.29, 1.82) is 0 Å². The first-order valence-electron chi connectivity index (χ1n) is 9.79. The maximum atomic E-state index is 12.9. The molecule has 0 radical (unpaired) electrons. The molecule has 0 spiro atoms. The second kappa shape index (κ2) is 11.1. The van der Waals surface area contributed by atoms with Crippen LogP contribution in [0.1, 0.15) is 39.2 Å². The Balaban J connectivity index is 1.96. The van der Waals surface area contributed by atoms with Gasteiger partial charge in [0.2, 0.25) is 11.8 Å². The number of ether oxygens (including phenoxy) is 1. The molecule has 0 fully saturated rings. The van der Waals surface area contributed by atoms with Gasteiger partial charge in [-0.25, -0.2) is 0 Å². The zero-order chi connectivity index (χ0) is 20.4. The number of benzene rings is 2. The van der Waals surface area contributed by atoms with Crippen LogP contribution >= 0.6 is 0 Å². The van der Waals surface area contributed by atoms with E-state index < -0.39 is 6.04 Å². The minimum atomic E-state index is -0.537. The summed E-state index contributed by atoms with van der Waals surface area (Å²) in [7, 11) is 0. The molecule has 2 aromatic rings. The topological polar surface area (TPSA) is 58.6 Å². The number of carbonyl (C=O) groups is 2. The van der Waals surface area contributed by atoms with Gasteiger partial charge in [-0.05, 0) is 44.9 Å². The lowest BCUT2D eigenvalue weighted by atomic mass is 10.1. The van der Waals surface area contributed by atoms with Crippen molar-refractivity contribution in [2.45, 2.75) is 52.2 Å². The van der Waals surface area contributed by atoms with Gasteiger partial charge in [0, 0.05) is 19.0 Å². The fourth-order valence-corrected chi connectivity index (χ4v) is 2.84. The van der Waals surface area contributed by atoms with E-state index in [1.807, 2.05) is 74.5 Å². The highest BCUT2D eigenvalue weighted by Gasteiger charge is 2.26. The monoisotopic (exact) mass is 382 g/mol. The summed E-state index contributed by atoms with van der Waals surface area (Å²) >= 11 is 0. The lowest BCUT2D eigenvalue weighted by molar-refractivity contribution is -0.141. The standard InChI is InChI=1S/C23H30N2O3/c1-18(2)24-23(27)19(3)25(17-20-11-6-4-7-12-20)22(26)15-10-16-28-21-13-8-5-9-14-21/h4-9,11-14,18-19H,10,15-17H2,1-3H3,(H,24,27)/t19-/m1/s1. The fraction of sp³-hybridized carbons (Fsp3) is 0.391. The number of rotatable bonds is 10. The fourth-order valence-electron chi connectivity index (χ4n) is 2.84. The van der Waals surface area contributed by atoms with Crippen LogP contribution < -0.4 is 10.1 Å². The van der Waals surface area contributed by atoms with E-state index in [0.29, 0.717) is 26.0 Å². The summed E-state index contributed by atoms with van der Waals surface area (Å²) in [6.45, 7) is 6.47. The van der Waals surface area contributed by atoms with Crippen molar-refractivity contribution in [1.82, 2.24) is 10.2 Å². The summed E-state index contributed by atoms with van der Waals surface area (Å²) in [5, 5.41) is 2.89. The van der Waals surface area contributed by atoms with Crippen LogP contribution in [0.3, 0.4) is 0 Å². The van der Waals surface area contributed by atoms with Gasteiger partial charge in [0.1, 0.15) is 11.8 Å². The zero-order valence-electron chi connectivity index (χ0n) is 16.9. The van der Waals surface area contributed by atoms with E-state index in [9.17, 15) is 9.59 Å². The van der Waals surface area contributed by atoms with Gasteiger partial charge in [-0.15, -0.1) is 0 Å². The Morgan fingerprint density at radius 1 is 0.964 bits per heavy atom. The smallest absolute Gasteiger partial charge is 0.242 e. The minimum Gasteiger partial charge on any atom is -0.494 e. The Hall–Kier alpha value is -2.82. The molecule has 5 heteroatoms. The molecule has 0 saturated carbocycles.